The van der Waals surface area contributed by atoms with Crippen molar-refractivity contribution in [2.24, 2.45) is 0 Å². The molecule has 0 aliphatic carbocycles. The van der Waals surface area contributed by atoms with Crippen molar-refractivity contribution in [3.05, 3.63) is 53.1 Å². The molecule has 30 heavy (non-hydrogen) atoms. The molecule has 0 aliphatic rings. The Morgan fingerprint density at radius 2 is 1.87 bits per heavy atom. The van der Waals surface area contributed by atoms with E-state index in [1.54, 1.807) is 12.1 Å². The van der Waals surface area contributed by atoms with Crippen LogP contribution in [0.15, 0.2) is 42.5 Å². The van der Waals surface area contributed by atoms with E-state index in [9.17, 15) is 13.2 Å². The third-order valence-corrected chi connectivity index (χ3v) is 5.93. The molecule has 1 atom stereocenters. The van der Waals surface area contributed by atoms with Crippen LogP contribution in [0, 0.1) is 0 Å². The van der Waals surface area contributed by atoms with Gasteiger partial charge in [0, 0.05) is 5.02 Å². The number of hydrogen-bond acceptors (Lipinski definition) is 5. The van der Waals surface area contributed by atoms with Crippen molar-refractivity contribution in [3.63, 3.8) is 0 Å². The van der Waals surface area contributed by atoms with Crippen LogP contribution >= 0.6 is 11.6 Å². The van der Waals surface area contributed by atoms with Gasteiger partial charge in [0.25, 0.3) is 0 Å². The third kappa shape index (κ3) is 6.27. The average molecular weight is 455 g/mol. The van der Waals surface area contributed by atoms with Gasteiger partial charge < -0.3 is 14.8 Å². The highest BCUT2D eigenvalue weighted by molar-refractivity contribution is 7.92. The van der Waals surface area contributed by atoms with Gasteiger partial charge in [-0.05, 0) is 49.2 Å². The zero-order valence-electron chi connectivity index (χ0n) is 17.5. The predicted molar refractivity (Wildman–Crippen MR) is 119 cm³/mol. The fourth-order valence-electron chi connectivity index (χ4n) is 2.93. The predicted octanol–water partition coefficient (Wildman–Crippen LogP) is 3.26. The van der Waals surface area contributed by atoms with E-state index in [0.29, 0.717) is 16.5 Å². The molecule has 0 spiro atoms. The second-order valence-corrected chi connectivity index (χ2v) is 8.98. The molecular weight excluding hydrogens is 428 g/mol. The van der Waals surface area contributed by atoms with E-state index in [4.69, 9.17) is 21.1 Å². The van der Waals surface area contributed by atoms with Crippen LogP contribution in [-0.2, 0) is 21.2 Å². The Kier molecular flexibility index (Phi) is 8.37. The molecule has 0 aromatic heterocycles. The first-order valence-electron chi connectivity index (χ1n) is 9.49. The lowest BCUT2D eigenvalue weighted by Crippen LogP contribution is -2.48. The highest BCUT2D eigenvalue weighted by Gasteiger charge is 2.31. The molecule has 0 unspecified atom stereocenters. The van der Waals surface area contributed by atoms with E-state index < -0.39 is 22.0 Å². The van der Waals surface area contributed by atoms with E-state index in [2.05, 4.69) is 12.2 Å². The molecule has 1 N–H and O–H groups in total. The third-order valence-electron chi connectivity index (χ3n) is 4.47. The molecule has 2 aromatic carbocycles. The van der Waals surface area contributed by atoms with Crippen LogP contribution < -0.4 is 19.1 Å². The monoisotopic (exact) mass is 454 g/mol. The first kappa shape index (κ1) is 23.8. The van der Waals surface area contributed by atoms with Gasteiger partial charge in [-0.15, -0.1) is 0 Å². The molecule has 0 radical (unpaired) electrons. The van der Waals surface area contributed by atoms with Crippen molar-refractivity contribution in [2.75, 3.05) is 30.8 Å². The van der Waals surface area contributed by atoms with E-state index in [1.807, 2.05) is 24.3 Å². The SMILES string of the molecule is CCc1ccc(OCCNC(=O)[C@@H](C)N(c2cc(Cl)ccc2OC)S(C)(=O)=O)cc1. The number of amides is 1. The van der Waals surface area contributed by atoms with Gasteiger partial charge >= 0.3 is 0 Å². The van der Waals surface area contributed by atoms with Crippen molar-refractivity contribution in [1.82, 2.24) is 5.32 Å². The lowest BCUT2D eigenvalue weighted by atomic mass is 10.2. The van der Waals surface area contributed by atoms with Crippen LogP contribution in [0.25, 0.3) is 0 Å². The summed E-state index contributed by atoms with van der Waals surface area (Å²) in [7, 11) is -2.37. The Hall–Kier alpha value is -2.45. The molecule has 0 saturated carbocycles. The summed E-state index contributed by atoms with van der Waals surface area (Å²) in [5.74, 6) is 0.534. The molecule has 7 nitrogen and oxygen atoms in total. The van der Waals surface area contributed by atoms with Gasteiger partial charge in [0.1, 0.15) is 24.1 Å². The van der Waals surface area contributed by atoms with Gasteiger partial charge in [0.2, 0.25) is 15.9 Å². The number of hydrogen-bond donors (Lipinski definition) is 1. The van der Waals surface area contributed by atoms with Crippen LogP contribution in [0.1, 0.15) is 19.4 Å². The van der Waals surface area contributed by atoms with Crippen LogP contribution in [-0.4, -0.2) is 46.9 Å². The molecular formula is C21H27ClN2O5S. The fraction of sp³-hybridized carbons (Fsp3) is 0.381. The molecule has 164 valence electrons. The molecule has 0 heterocycles. The number of nitrogens with one attached hydrogen (secondary N) is 1. The smallest absolute Gasteiger partial charge is 0.243 e. The summed E-state index contributed by atoms with van der Waals surface area (Å²) in [5, 5.41) is 3.03. The Morgan fingerprint density at radius 3 is 2.43 bits per heavy atom. The lowest BCUT2D eigenvalue weighted by Gasteiger charge is -2.29. The molecule has 9 heteroatoms. The maximum atomic E-state index is 12.6. The van der Waals surface area contributed by atoms with E-state index in [-0.39, 0.29) is 18.8 Å². The number of anilines is 1. The maximum Gasteiger partial charge on any atom is 0.243 e. The number of halogens is 1. The van der Waals surface area contributed by atoms with E-state index >= 15 is 0 Å². The number of aryl methyl sites for hydroxylation is 1. The van der Waals surface area contributed by atoms with Crippen LogP contribution in [0.3, 0.4) is 0 Å². The van der Waals surface area contributed by atoms with Crippen molar-refractivity contribution >= 4 is 33.2 Å². The number of rotatable bonds is 10. The van der Waals surface area contributed by atoms with Gasteiger partial charge in [-0.25, -0.2) is 8.42 Å². The first-order valence-corrected chi connectivity index (χ1v) is 11.7. The highest BCUT2D eigenvalue weighted by Crippen LogP contribution is 2.34. The zero-order chi connectivity index (χ0) is 22.3. The highest BCUT2D eigenvalue weighted by atomic mass is 35.5. The van der Waals surface area contributed by atoms with Crippen LogP contribution in [0.2, 0.25) is 5.02 Å². The summed E-state index contributed by atoms with van der Waals surface area (Å²) >= 11 is 6.04. The number of carbonyl (C=O) groups is 1. The molecule has 0 aliphatic heterocycles. The summed E-state index contributed by atoms with van der Waals surface area (Å²) < 4.78 is 36.8. The Balaban J connectivity index is 2.04. The summed E-state index contributed by atoms with van der Waals surface area (Å²) in [6.45, 7) is 4.05. The first-order chi connectivity index (χ1) is 14.2. The van der Waals surface area contributed by atoms with Gasteiger partial charge in [0.05, 0.1) is 25.6 Å². The zero-order valence-corrected chi connectivity index (χ0v) is 19.1. The average Bonchev–Trinajstić information content (AvgIpc) is 2.70. The topological polar surface area (TPSA) is 84.9 Å². The largest absolute Gasteiger partial charge is 0.495 e. The van der Waals surface area contributed by atoms with E-state index in [0.717, 1.165) is 17.0 Å². The van der Waals surface area contributed by atoms with E-state index in [1.165, 1.54) is 25.7 Å². The summed E-state index contributed by atoms with van der Waals surface area (Å²) in [6, 6.07) is 11.3. The number of carbonyl (C=O) groups excluding carboxylic acids is 1. The van der Waals surface area contributed by atoms with Gasteiger partial charge in [-0.2, -0.15) is 0 Å². The summed E-state index contributed by atoms with van der Waals surface area (Å²) in [5.41, 5.74) is 1.41. The summed E-state index contributed by atoms with van der Waals surface area (Å²) in [6.07, 6.45) is 1.97. The Morgan fingerprint density at radius 1 is 1.20 bits per heavy atom. The number of nitrogens with zero attached hydrogens (tertiary/aromatic N) is 1. The molecule has 0 fully saturated rings. The number of sulfonamides is 1. The van der Waals surface area contributed by atoms with Crippen LogP contribution in [0.5, 0.6) is 11.5 Å². The minimum atomic E-state index is -3.79. The normalized spacial score (nSPS) is 12.2. The lowest BCUT2D eigenvalue weighted by molar-refractivity contribution is -0.121. The number of ether oxygens (including phenoxy) is 2. The van der Waals surface area contributed by atoms with Gasteiger partial charge in [0.15, 0.2) is 0 Å². The maximum absolute atomic E-state index is 12.6. The second-order valence-electron chi connectivity index (χ2n) is 6.69. The van der Waals surface area contributed by atoms with Crippen LogP contribution in [0.4, 0.5) is 5.69 Å². The number of benzene rings is 2. The molecule has 1 amide bonds. The molecule has 0 bridgehead atoms. The summed E-state index contributed by atoms with van der Waals surface area (Å²) in [4.78, 5) is 12.6. The van der Waals surface area contributed by atoms with Crippen molar-refractivity contribution < 1.29 is 22.7 Å². The molecule has 2 rings (SSSR count). The number of methoxy groups -OCH3 is 1. The Labute approximate surface area is 183 Å². The van der Waals surface area contributed by atoms with Crippen molar-refractivity contribution in [2.45, 2.75) is 26.3 Å². The van der Waals surface area contributed by atoms with Gasteiger partial charge in [-0.3, -0.25) is 9.10 Å². The van der Waals surface area contributed by atoms with Crippen molar-refractivity contribution in [1.29, 1.82) is 0 Å². The standard InChI is InChI=1S/C21H27ClN2O5S/c1-5-16-6-9-18(10-7-16)29-13-12-23-21(25)15(2)24(30(4,26)27)19-14-17(22)8-11-20(19)28-3/h6-11,14-15H,5,12-13H2,1-4H3,(H,23,25)/t15-/m1/s1. The fourth-order valence-corrected chi connectivity index (χ4v) is 4.27. The molecule has 2 aromatic rings. The van der Waals surface area contributed by atoms with Gasteiger partial charge in [-0.1, -0.05) is 30.7 Å². The molecule has 0 saturated heterocycles. The quantitative estimate of drug-likeness (QED) is 0.557. The minimum Gasteiger partial charge on any atom is -0.495 e. The Bertz CT molecular complexity index is 964. The second kappa shape index (κ2) is 10.5. The van der Waals surface area contributed by atoms with Crippen molar-refractivity contribution in [3.8, 4) is 11.5 Å². The minimum absolute atomic E-state index is 0.197.